The van der Waals surface area contributed by atoms with Crippen LogP contribution in [0.25, 0.3) is 17.3 Å². The Morgan fingerprint density at radius 1 is 1.14 bits per heavy atom. The van der Waals surface area contributed by atoms with Gasteiger partial charge in [-0.15, -0.1) is 11.3 Å². The van der Waals surface area contributed by atoms with Crippen molar-refractivity contribution in [3.8, 4) is 17.0 Å². The number of thiazole rings is 1. The molecular weight excluding hydrogens is 390 g/mol. The minimum absolute atomic E-state index is 0.0702. The Balaban J connectivity index is 1.61. The molecule has 1 aliphatic heterocycles. The van der Waals surface area contributed by atoms with Crippen molar-refractivity contribution in [2.45, 2.75) is 6.92 Å². The van der Waals surface area contributed by atoms with Crippen molar-refractivity contribution in [3.63, 3.8) is 0 Å². The standard InChI is InChI=1S/C21H17N3O2S2/c1-2-24-19(26)18(12-14-8-10-16(25)11-9-14)28-21(24)23-20-22-17(13-27-20)15-6-4-3-5-7-15/h3-13,25H,2H2,1H3/b18-12-,23-21+. The second kappa shape index (κ2) is 8.00. The minimum atomic E-state index is -0.0702. The van der Waals surface area contributed by atoms with Crippen molar-refractivity contribution in [2.24, 2.45) is 4.99 Å². The maximum Gasteiger partial charge on any atom is 0.266 e. The number of hydrogen-bond donors (Lipinski definition) is 1. The number of phenolic OH excluding ortho intramolecular Hbond substituents is 1. The molecule has 1 fully saturated rings. The Hall–Kier alpha value is -2.90. The lowest BCUT2D eigenvalue weighted by Crippen LogP contribution is -2.28. The minimum Gasteiger partial charge on any atom is -0.508 e. The number of aromatic hydroxyl groups is 1. The van der Waals surface area contributed by atoms with Gasteiger partial charge in [0.2, 0.25) is 5.13 Å². The highest BCUT2D eigenvalue weighted by Gasteiger charge is 2.32. The van der Waals surface area contributed by atoms with Crippen molar-refractivity contribution in [1.82, 2.24) is 9.88 Å². The van der Waals surface area contributed by atoms with Crippen LogP contribution >= 0.6 is 23.1 Å². The van der Waals surface area contributed by atoms with Crippen molar-refractivity contribution in [2.75, 3.05) is 6.54 Å². The maximum atomic E-state index is 12.7. The summed E-state index contributed by atoms with van der Waals surface area (Å²) in [4.78, 5) is 24.2. The number of carbonyl (C=O) groups excluding carboxylic acids is 1. The Labute approximate surface area is 171 Å². The van der Waals surface area contributed by atoms with Gasteiger partial charge in [-0.25, -0.2) is 4.98 Å². The van der Waals surface area contributed by atoms with Gasteiger partial charge in [-0.1, -0.05) is 42.5 Å². The number of phenols is 1. The van der Waals surface area contributed by atoms with Gasteiger partial charge < -0.3 is 5.11 Å². The molecule has 28 heavy (non-hydrogen) atoms. The predicted molar refractivity (Wildman–Crippen MR) is 116 cm³/mol. The van der Waals surface area contributed by atoms with E-state index in [0.29, 0.717) is 21.7 Å². The quantitative estimate of drug-likeness (QED) is 0.608. The molecule has 0 bridgehead atoms. The molecule has 0 spiro atoms. The average Bonchev–Trinajstić information content (AvgIpc) is 3.29. The summed E-state index contributed by atoms with van der Waals surface area (Å²) >= 11 is 2.80. The van der Waals surface area contributed by atoms with Gasteiger partial charge in [0, 0.05) is 17.5 Å². The third-order valence-corrected chi connectivity index (χ3v) is 5.89. The van der Waals surface area contributed by atoms with Gasteiger partial charge in [-0.3, -0.25) is 9.69 Å². The molecule has 0 aliphatic carbocycles. The smallest absolute Gasteiger partial charge is 0.266 e. The van der Waals surface area contributed by atoms with E-state index >= 15 is 0 Å². The van der Waals surface area contributed by atoms with Crippen molar-refractivity contribution < 1.29 is 9.90 Å². The van der Waals surface area contributed by atoms with Crippen molar-refractivity contribution >= 4 is 45.4 Å². The van der Waals surface area contributed by atoms with Gasteiger partial charge in [0.25, 0.3) is 5.91 Å². The monoisotopic (exact) mass is 407 g/mol. The molecule has 1 saturated heterocycles. The number of likely N-dealkylation sites (N-methyl/N-ethyl adjacent to an activating group) is 1. The summed E-state index contributed by atoms with van der Waals surface area (Å²) in [6.45, 7) is 2.46. The zero-order valence-electron chi connectivity index (χ0n) is 15.1. The highest BCUT2D eigenvalue weighted by molar-refractivity contribution is 8.18. The van der Waals surface area contributed by atoms with Crippen LogP contribution in [0.3, 0.4) is 0 Å². The molecule has 1 N–H and O–H groups in total. The molecule has 1 aliphatic rings. The third kappa shape index (κ3) is 3.85. The van der Waals surface area contributed by atoms with Crippen molar-refractivity contribution in [3.05, 3.63) is 70.4 Å². The van der Waals surface area contributed by atoms with E-state index in [1.807, 2.05) is 48.7 Å². The number of aromatic nitrogens is 1. The Morgan fingerprint density at radius 2 is 1.89 bits per heavy atom. The number of hydrogen-bond acceptors (Lipinski definition) is 6. The van der Waals surface area contributed by atoms with Gasteiger partial charge in [0.05, 0.1) is 10.6 Å². The molecule has 140 valence electrons. The first kappa shape index (κ1) is 18.5. The van der Waals surface area contributed by atoms with Gasteiger partial charge in [-0.2, -0.15) is 4.99 Å². The molecule has 4 rings (SSSR count). The molecule has 1 aromatic heterocycles. The first-order valence-electron chi connectivity index (χ1n) is 8.74. The lowest BCUT2D eigenvalue weighted by molar-refractivity contribution is -0.122. The largest absolute Gasteiger partial charge is 0.508 e. The van der Waals surface area contributed by atoms with Crippen LogP contribution in [0.4, 0.5) is 5.13 Å². The van der Waals surface area contributed by atoms with E-state index in [0.717, 1.165) is 16.8 Å². The molecule has 0 unspecified atom stereocenters. The lowest BCUT2D eigenvalue weighted by atomic mass is 10.2. The number of rotatable bonds is 4. The summed E-state index contributed by atoms with van der Waals surface area (Å²) in [6, 6.07) is 16.7. The number of carbonyl (C=O) groups is 1. The van der Waals surface area contributed by atoms with E-state index in [1.165, 1.54) is 23.1 Å². The van der Waals surface area contributed by atoms with Crippen LogP contribution in [0.1, 0.15) is 12.5 Å². The van der Waals surface area contributed by atoms with Crippen LogP contribution < -0.4 is 0 Å². The summed E-state index contributed by atoms with van der Waals surface area (Å²) < 4.78 is 0. The number of amides is 1. The van der Waals surface area contributed by atoms with Gasteiger partial charge in [-0.05, 0) is 42.5 Å². The SMILES string of the molecule is CCN1C(=O)/C(=C/c2ccc(O)cc2)S/C1=N/c1nc(-c2ccccc2)cs1. The number of nitrogens with zero attached hydrogens (tertiary/aromatic N) is 3. The Bertz CT molecular complexity index is 1060. The van der Waals surface area contributed by atoms with E-state index in [9.17, 15) is 9.90 Å². The lowest BCUT2D eigenvalue weighted by Gasteiger charge is -2.11. The summed E-state index contributed by atoms with van der Waals surface area (Å²) in [5.74, 6) is 0.127. The van der Waals surface area contributed by atoms with E-state index < -0.39 is 0 Å². The molecule has 3 aromatic rings. The average molecular weight is 408 g/mol. The summed E-state index contributed by atoms with van der Waals surface area (Å²) in [5.41, 5.74) is 2.77. The Morgan fingerprint density at radius 3 is 2.61 bits per heavy atom. The molecule has 5 nitrogen and oxygen atoms in total. The van der Waals surface area contributed by atoms with Gasteiger partial charge in [0.1, 0.15) is 5.75 Å². The molecule has 0 radical (unpaired) electrons. The normalized spacial score (nSPS) is 17.0. The molecular formula is C21H17N3O2S2. The second-order valence-electron chi connectivity index (χ2n) is 6.03. The highest BCUT2D eigenvalue weighted by atomic mass is 32.2. The van der Waals surface area contributed by atoms with Crippen LogP contribution in [0, 0.1) is 0 Å². The summed E-state index contributed by atoms with van der Waals surface area (Å²) in [7, 11) is 0. The van der Waals surface area contributed by atoms with Crippen LogP contribution in [0.2, 0.25) is 0 Å². The fraction of sp³-hybridized carbons (Fsp3) is 0.0952. The molecule has 7 heteroatoms. The summed E-state index contributed by atoms with van der Waals surface area (Å²) in [5, 5.41) is 12.6. The van der Waals surface area contributed by atoms with Gasteiger partial charge in [0.15, 0.2) is 5.17 Å². The molecule has 0 saturated carbocycles. The molecule has 0 atom stereocenters. The van der Waals surface area contributed by atoms with Crippen LogP contribution in [-0.2, 0) is 4.79 Å². The third-order valence-electron chi connectivity index (χ3n) is 4.15. The summed E-state index contributed by atoms with van der Waals surface area (Å²) in [6.07, 6.45) is 1.81. The zero-order chi connectivity index (χ0) is 19.5. The first-order valence-corrected chi connectivity index (χ1v) is 10.4. The zero-order valence-corrected chi connectivity index (χ0v) is 16.7. The van der Waals surface area contributed by atoms with E-state index in [4.69, 9.17) is 0 Å². The fourth-order valence-electron chi connectivity index (χ4n) is 2.73. The predicted octanol–water partition coefficient (Wildman–Crippen LogP) is 5.14. The first-order chi connectivity index (χ1) is 13.6. The van der Waals surface area contributed by atoms with Gasteiger partial charge >= 0.3 is 0 Å². The fourth-order valence-corrected chi connectivity index (χ4v) is 4.53. The number of thioether (sulfide) groups is 1. The Kier molecular flexibility index (Phi) is 5.27. The van der Waals surface area contributed by atoms with E-state index in [2.05, 4.69) is 9.98 Å². The number of benzene rings is 2. The molecule has 2 aromatic carbocycles. The number of aliphatic imine (C=N–C) groups is 1. The number of amidine groups is 1. The maximum absolute atomic E-state index is 12.7. The van der Waals surface area contributed by atoms with Crippen LogP contribution in [0.5, 0.6) is 5.75 Å². The highest BCUT2D eigenvalue weighted by Crippen LogP contribution is 2.35. The van der Waals surface area contributed by atoms with Crippen LogP contribution in [-0.4, -0.2) is 32.6 Å². The van der Waals surface area contributed by atoms with Crippen LogP contribution in [0.15, 0.2) is 69.9 Å². The molecule has 1 amide bonds. The topological polar surface area (TPSA) is 65.8 Å². The van der Waals surface area contributed by atoms with E-state index in [-0.39, 0.29) is 11.7 Å². The van der Waals surface area contributed by atoms with Crippen molar-refractivity contribution in [1.29, 1.82) is 0 Å². The second-order valence-corrected chi connectivity index (χ2v) is 7.87. The van der Waals surface area contributed by atoms with E-state index in [1.54, 1.807) is 29.2 Å². The molecule has 2 heterocycles.